The zero-order valence-electron chi connectivity index (χ0n) is 15.0. The summed E-state index contributed by atoms with van der Waals surface area (Å²) < 4.78 is 5.94. The van der Waals surface area contributed by atoms with E-state index >= 15 is 0 Å². The summed E-state index contributed by atoms with van der Waals surface area (Å²) in [7, 11) is 0. The molecule has 1 aromatic heterocycles. The number of ether oxygens (including phenoxy) is 1. The Hall–Kier alpha value is -2.56. The Bertz CT molecular complexity index is 751. The third-order valence-corrected chi connectivity index (χ3v) is 4.60. The molecule has 132 valence electrons. The van der Waals surface area contributed by atoms with Crippen molar-refractivity contribution >= 4 is 11.6 Å². The molecule has 5 heteroatoms. The van der Waals surface area contributed by atoms with Crippen LogP contribution in [0.3, 0.4) is 0 Å². The molecule has 0 aliphatic heterocycles. The van der Waals surface area contributed by atoms with Gasteiger partial charge in [0.1, 0.15) is 6.10 Å². The van der Waals surface area contributed by atoms with Gasteiger partial charge in [-0.1, -0.05) is 6.07 Å². The Morgan fingerprint density at radius 2 is 2.00 bits per heavy atom. The highest BCUT2D eigenvalue weighted by Gasteiger charge is 2.16. The number of nitrogens with two attached hydrogens (primary N) is 1. The smallest absolute Gasteiger partial charge is 0.213 e. The average molecular weight is 338 g/mol. The van der Waals surface area contributed by atoms with Crippen LogP contribution in [0.2, 0.25) is 0 Å². The van der Waals surface area contributed by atoms with Crippen molar-refractivity contribution in [2.75, 3.05) is 5.32 Å². The third-order valence-electron chi connectivity index (χ3n) is 4.60. The topological polar surface area (TPSA) is 72.5 Å². The molecule has 0 bridgehead atoms. The van der Waals surface area contributed by atoms with Crippen LogP contribution in [0.15, 0.2) is 41.5 Å². The number of hydrogen-bond acceptors (Lipinski definition) is 3. The second-order valence-corrected chi connectivity index (χ2v) is 6.65. The van der Waals surface area contributed by atoms with Gasteiger partial charge < -0.3 is 15.8 Å². The number of guanidine groups is 1. The first kappa shape index (κ1) is 17.3. The zero-order valence-corrected chi connectivity index (χ0v) is 15.0. The molecule has 1 aliphatic carbocycles. The second kappa shape index (κ2) is 8.01. The monoisotopic (exact) mass is 338 g/mol. The molecule has 0 amide bonds. The van der Waals surface area contributed by atoms with E-state index in [1.165, 1.54) is 24.0 Å². The van der Waals surface area contributed by atoms with E-state index < -0.39 is 0 Å². The summed E-state index contributed by atoms with van der Waals surface area (Å²) in [5.41, 5.74) is 10.5. The first-order valence-corrected chi connectivity index (χ1v) is 8.86. The van der Waals surface area contributed by atoms with E-state index in [0.717, 1.165) is 24.1 Å². The van der Waals surface area contributed by atoms with Crippen molar-refractivity contribution in [1.29, 1.82) is 0 Å². The number of aromatic nitrogens is 1. The standard InChI is InChI=1S/C20H26N4O/c1-14-7-8-17(11-15(14)2)24-20(21)23-13-16-9-10-22-19(12-16)25-18-5-3-4-6-18/h7-12,18H,3-6,13H2,1-2H3,(H3,21,23,24). The van der Waals surface area contributed by atoms with E-state index in [1.54, 1.807) is 6.20 Å². The van der Waals surface area contributed by atoms with E-state index in [1.807, 2.05) is 18.2 Å². The number of anilines is 1. The van der Waals surface area contributed by atoms with E-state index in [2.05, 4.69) is 41.3 Å². The van der Waals surface area contributed by atoms with Gasteiger partial charge in [-0.2, -0.15) is 0 Å². The Balaban J connectivity index is 1.59. The first-order valence-electron chi connectivity index (χ1n) is 8.86. The Morgan fingerprint density at radius 3 is 2.76 bits per heavy atom. The Kier molecular flexibility index (Phi) is 5.53. The second-order valence-electron chi connectivity index (χ2n) is 6.65. The molecule has 0 unspecified atom stereocenters. The van der Waals surface area contributed by atoms with Crippen molar-refractivity contribution in [1.82, 2.24) is 4.98 Å². The van der Waals surface area contributed by atoms with Crippen LogP contribution in [0.5, 0.6) is 5.88 Å². The Morgan fingerprint density at radius 1 is 1.20 bits per heavy atom. The van der Waals surface area contributed by atoms with Crippen LogP contribution in [-0.4, -0.2) is 17.0 Å². The maximum atomic E-state index is 6.00. The number of benzene rings is 1. The molecule has 1 heterocycles. The lowest BCUT2D eigenvalue weighted by Gasteiger charge is -2.12. The number of nitrogens with zero attached hydrogens (tertiary/aromatic N) is 2. The normalized spacial score (nSPS) is 15.4. The molecule has 0 spiro atoms. The predicted octanol–water partition coefficient (Wildman–Crippen LogP) is 3.95. The molecule has 25 heavy (non-hydrogen) atoms. The molecule has 2 aromatic rings. The molecule has 1 saturated carbocycles. The van der Waals surface area contributed by atoms with E-state index in [-0.39, 0.29) is 0 Å². The molecule has 0 saturated heterocycles. The fraction of sp³-hybridized carbons (Fsp3) is 0.400. The first-order chi connectivity index (χ1) is 12.1. The summed E-state index contributed by atoms with van der Waals surface area (Å²) in [6, 6.07) is 10.0. The Labute approximate surface area is 149 Å². The van der Waals surface area contributed by atoms with Gasteiger partial charge in [-0.05, 0) is 74.4 Å². The molecule has 3 rings (SSSR count). The van der Waals surface area contributed by atoms with Crippen molar-refractivity contribution in [2.45, 2.75) is 52.2 Å². The summed E-state index contributed by atoms with van der Waals surface area (Å²) in [5.74, 6) is 1.08. The molecule has 3 N–H and O–H groups in total. The number of aryl methyl sites for hydroxylation is 2. The summed E-state index contributed by atoms with van der Waals surface area (Å²) in [5, 5.41) is 3.13. The van der Waals surface area contributed by atoms with E-state index in [9.17, 15) is 0 Å². The summed E-state index contributed by atoms with van der Waals surface area (Å²) in [6.45, 7) is 4.66. The average Bonchev–Trinajstić information content (AvgIpc) is 3.10. The maximum Gasteiger partial charge on any atom is 0.213 e. The van der Waals surface area contributed by atoms with Crippen molar-refractivity contribution in [3.63, 3.8) is 0 Å². The van der Waals surface area contributed by atoms with Crippen LogP contribution in [0, 0.1) is 13.8 Å². The molecular weight excluding hydrogens is 312 g/mol. The van der Waals surface area contributed by atoms with Crippen molar-refractivity contribution < 1.29 is 4.74 Å². The van der Waals surface area contributed by atoms with Gasteiger partial charge in [0.2, 0.25) is 5.88 Å². The minimum Gasteiger partial charge on any atom is -0.474 e. The fourth-order valence-electron chi connectivity index (χ4n) is 2.97. The minimum atomic E-state index is 0.308. The lowest BCUT2D eigenvalue weighted by atomic mass is 10.1. The predicted molar refractivity (Wildman–Crippen MR) is 102 cm³/mol. The summed E-state index contributed by atoms with van der Waals surface area (Å²) in [4.78, 5) is 8.71. The molecular formula is C20H26N4O. The molecule has 1 aliphatic rings. The van der Waals surface area contributed by atoms with Crippen LogP contribution in [0.25, 0.3) is 0 Å². The highest BCUT2D eigenvalue weighted by Crippen LogP contribution is 2.23. The van der Waals surface area contributed by atoms with Gasteiger partial charge in [0, 0.05) is 18.0 Å². The summed E-state index contributed by atoms with van der Waals surface area (Å²) >= 11 is 0. The van der Waals surface area contributed by atoms with Gasteiger partial charge in [-0.25, -0.2) is 9.98 Å². The van der Waals surface area contributed by atoms with Gasteiger partial charge in [-0.15, -0.1) is 0 Å². The molecule has 1 aromatic carbocycles. The van der Waals surface area contributed by atoms with Gasteiger partial charge in [0.25, 0.3) is 0 Å². The van der Waals surface area contributed by atoms with Crippen LogP contribution >= 0.6 is 0 Å². The molecule has 0 atom stereocenters. The highest BCUT2D eigenvalue weighted by atomic mass is 16.5. The molecule has 1 fully saturated rings. The minimum absolute atomic E-state index is 0.308. The van der Waals surface area contributed by atoms with E-state index in [0.29, 0.717) is 24.5 Å². The van der Waals surface area contributed by atoms with Crippen LogP contribution < -0.4 is 15.8 Å². The zero-order chi connectivity index (χ0) is 17.6. The number of hydrogen-bond donors (Lipinski definition) is 2. The number of nitrogens with one attached hydrogen (secondary N) is 1. The van der Waals surface area contributed by atoms with Crippen molar-refractivity contribution in [3.05, 3.63) is 53.2 Å². The SMILES string of the molecule is Cc1ccc(NC(N)=NCc2ccnc(OC3CCCC3)c2)cc1C. The van der Waals surface area contributed by atoms with Crippen molar-refractivity contribution in [3.8, 4) is 5.88 Å². The van der Waals surface area contributed by atoms with Gasteiger partial charge >= 0.3 is 0 Å². The third kappa shape index (κ3) is 4.95. The lowest BCUT2D eigenvalue weighted by molar-refractivity contribution is 0.201. The number of aliphatic imine (C=N–C) groups is 1. The fourth-order valence-corrected chi connectivity index (χ4v) is 2.97. The van der Waals surface area contributed by atoms with Gasteiger partial charge in [-0.3, -0.25) is 0 Å². The number of pyridine rings is 1. The number of rotatable bonds is 5. The van der Waals surface area contributed by atoms with Crippen molar-refractivity contribution in [2.24, 2.45) is 10.7 Å². The lowest BCUT2D eigenvalue weighted by Crippen LogP contribution is -2.22. The van der Waals surface area contributed by atoms with E-state index in [4.69, 9.17) is 10.5 Å². The maximum absolute atomic E-state index is 6.00. The van der Waals surface area contributed by atoms with Crippen LogP contribution in [0.1, 0.15) is 42.4 Å². The highest BCUT2D eigenvalue weighted by molar-refractivity contribution is 5.92. The summed E-state index contributed by atoms with van der Waals surface area (Å²) in [6.07, 6.45) is 6.81. The van der Waals surface area contributed by atoms with Gasteiger partial charge in [0.05, 0.1) is 6.54 Å². The van der Waals surface area contributed by atoms with Crippen LogP contribution in [0.4, 0.5) is 5.69 Å². The molecule has 0 radical (unpaired) electrons. The van der Waals surface area contributed by atoms with Gasteiger partial charge in [0.15, 0.2) is 5.96 Å². The van der Waals surface area contributed by atoms with Crippen LogP contribution in [-0.2, 0) is 6.54 Å². The quantitative estimate of drug-likeness (QED) is 0.639. The largest absolute Gasteiger partial charge is 0.474 e. The molecule has 5 nitrogen and oxygen atoms in total.